The number of unbranched alkanes of at least 4 members (excludes halogenated alkanes) is 41. The molecule has 2 aliphatic heterocycles. The first-order valence-electron chi connectivity index (χ1n) is 37.5. The molecule has 12 atom stereocenters. The molecular formula is C76H139NO13. The van der Waals surface area contributed by atoms with E-state index in [2.05, 4.69) is 67.8 Å². The second kappa shape index (κ2) is 60.4. The molecule has 0 spiro atoms. The first-order valence-corrected chi connectivity index (χ1v) is 37.5. The molecule has 0 bridgehead atoms. The highest BCUT2D eigenvalue weighted by atomic mass is 16.7. The van der Waals surface area contributed by atoms with Gasteiger partial charge < -0.3 is 65.1 Å². The number of hydrogen-bond donors (Lipinski definition) is 9. The van der Waals surface area contributed by atoms with Gasteiger partial charge in [0.2, 0.25) is 5.91 Å². The van der Waals surface area contributed by atoms with Gasteiger partial charge in [-0.15, -0.1) is 0 Å². The number of aliphatic hydroxyl groups is 8. The molecule has 2 rings (SSSR count). The van der Waals surface area contributed by atoms with Crippen molar-refractivity contribution >= 4 is 5.91 Å². The summed E-state index contributed by atoms with van der Waals surface area (Å²) in [6.45, 7) is 2.80. The van der Waals surface area contributed by atoms with Crippen molar-refractivity contribution in [1.82, 2.24) is 5.32 Å². The van der Waals surface area contributed by atoms with Gasteiger partial charge in [0.1, 0.15) is 48.8 Å². The molecule has 14 nitrogen and oxygen atoms in total. The zero-order chi connectivity index (χ0) is 65.2. The second-order valence-corrected chi connectivity index (χ2v) is 26.4. The maximum atomic E-state index is 13.3. The number of amides is 1. The van der Waals surface area contributed by atoms with Crippen LogP contribution in [0.3, 0.4) is 0 Å². The average molecular weight is 1270 g/mol. The van der Waals surface area contributed by atoms with Gasteiger partial charge in [-0.2, -0.15) is 0 Å². The molecule has 90 heavy (non-hydrogen) atoms. The molecule has 2 heterocycles. The molecule has 1 amide bonds. The molecule has 0 saturated carbocycles. The van der Waals surface area contributed by atoms with Crippen LogP contribution in [0.5, 0.6) is 0 Å². The largest absolute Gasteiger partial charge is 0.394 e. The molecular weight excluding hydrogens is 1130 g/mol. The Morgan fingerprint density at radius 1 is 0.400 bits per heavy atom. The van der Waals surface area contributed by atoms with Crippen molar-refractivity contribution in [1.29, 1.82) is 0 Å². The summed E-state index contributed by atoms with van der Waals surface area (Å²) < 4.78 is 22.9. The highest BCUT2D eigenvalue weighted by Crippen LogP contribution is 2.30. The average Bonchev–Trinajstić information content (AvgIpc) is 1.28. The Kier molecular flexibility index (Phi) is 56.2. The molecule has 14 heteroatoms. The summed E-state index contributed by atoms with van der Waals surface area (Å²) in [4.78, 5) is 13.3. The van der Waals surface area contributed by atoms with Crippen molar-refractivity contribution in [2.24, 2.45) is 0 Å². The van der Waals surface area contributed by atoms with Crippen LogP contribution in [0.4, 0.5) is 0 Å². The summed E-state index contributed by atoms with van der Waals surface area (Å²) in [5.41, 5.74) is 0. The second-order valence-electron chi connectivity index (χ2n) is 26.4. The van der Waals surface area contributed by atoms with E-state index in [4.69, 9.17) is 18.9 Å². The van der Waals surface area contributed by atoms with E-state index in [1.807, 2.05) is 6.08 Å². The highest BCUT2D eigenvalue weighted by Gasteiger charge is 2.51. The van der Waals surface area contributed by atoms with Crippen LogP contribution in [0.25, 0.3) is 0 Å². The Morgan fingerprint density at radius 3 is 1.17 bits per heavy atom. The zero-order valence-corrected chi connectivity index (χ0v) is 57.4. The number of aliphatic hydroxyl groups excluding tert-OH is 8. The van der Waals surface area contributed by atoms with E-state index in [-0.39, 0.29) is 18.9 Å². The number of ether oxygens (including phenoxy) is 4. The number of nitrogens with one attached hydrogen (secondary N) is 1. The quantitative estimate of drug-likeness (QED) is 0.0204. The molecule has 12 unspecified atom stereocenters. The molecule has 2 fully saturated rings. The Hall–Kier alpha value is -2.31. The van der Waals surface area contributed by atoms with Gasteiger partial charge in [-0.3, -0.25) is 4.79 Å². The smallest absolute Gasteiger partial charge is 0.220 e. The van der Waals surface area contributed by atoms with Gasteiger partial charge in [-0.1, -0.05) is 306 Å². The third kappa shape index (κ3) is 43.6. The van der Waals surface area contributed by atoms with Crippen molar-refractivity contribution in [3.05, 3.63) is 60.8 Å². The fraction of sp³-hybridized carbons (Fsp3) is 0.855. The molecule has 9 N–H and O–H groups in total. The molecule has 526 valence electrons. The Morgan fingerprint density at radius 2 is 0.744 bits per heavy atom. The van der Waals surface area contributed by atoms with Crippen molar-refractivity contribution < 1.29 is 64.6 Å². The summed E-state index contributed by atoms with van der Waals surface area (Å²) in [5.74, 6) is -0.254. The summed E-state index contributed by atoms with van der Waals surface area (Å²) in [6, 6.07) is -0.940. The minimum atomic E-state index is -1.79. The standard InChI is InChI=1S/C76H139NO13/c1-3-5-7-9-11-13-15-17-19-21-23-25-27-28-29-30-31-32-33-34-35-36-38-39-41-43-45-47-49-51-53-55-57-59-65(80)64(63-87-75-73(86)71(84)74(67(62-79)89-75)90-76-72(85)70(83)69(82)66(61-78)88-76)77-68(81)60-58-56-54-52-50-48-46-44-42-40-37-26-24-22-20-18-16-14-12-10-8-6-4-2/h16,18,22,24,37,40,49,51,57,59,64-67,69-76,78-80,82-86H,3-15,17,19-21,23,25-36,38-39,41-48,50,52-56,58,60-63H2,1-2H3,(H,77,81)/b18-16-,24-22-,40-37-,51-49+,59-57+. The topological polar surface area (TPSA) is 228 Å². The van der Waals surface area contributed by atoms with Gasteiger partial charge in [-0.25, -0.2) is 0 Å². The first kappa shape index (κ1) is 83.8. The van der Waals surface area contributed by atoms with Crippen LogP contribution in [-0.2, 0) is 23.7 Å². The maximum absolute atomic E-state index is 13.3. The molecule has 2 saturated heterocycles. The summed E-state index contributed by atoms with van der Waals surface area (Å²) in [5, 5.41) is 87.5. The van der Waals surface area contributed by atoms with Crippen molar-refractivity contribution in [3.63, 3.8) is 0 Å². The van der Waals surface area contributed by atoms with Gasteiger partial charge in [0, 0.05) is 6.42 Å². The highest BCUT2D eigenvalue weighted by molar-refractivity contribution is 5.76. The fourth-order valence-electron chi connectivity index (χ4n) is 12.2. The van der Waals surface area contributed by atoms with Crippen LogP contribution in [0.15, 0.2) is 60.8 Å². The SMILES string of the molecule is CCCCCCC/C=C\C/C=C\C/C=C\CCCCCCCCCCC(=O)NC(COC1OC(CO)C(OC2OC(CO)C(O)C(O)C2O)C(O)C1O)C(O)/C=C/CC/C=C/CCCCCCCCCCCCCCCCCCCCCCCCCCCCC. The molecule has 2 aliphatic rings. The first-order chi connectivity index (χ1) is 44.1. The number of carbonyl (C=O) groups is 1. The van der Waals surface area contributed by atoms with Crippen LogP contribution in [-0.4, -0.2) is 140 Å². The molecule has 0 aliphatic carbocycles. The van der Waals surface area contributed by atoms with E-state index in [0.29, 0.717) is 12.8 Å². The third-order valence-corrected chi connectivity index (χ3v) is 18.2. The summed E-state index contributed by atoms with van der Waals surface area (Å²) in [6.07, 6.45) is 64.4. The predicted octanol–water partition coefficient (Wildman–Crippen LogP) is 16.0. The monoisotopic (exact) mass is 1270 g/mol. The van der Waals surface area contributed by atoms with E-state index in [1.54, 1.807) is 6.08 Å². The maximum Gasteiger partial charge on any atom is 0.220 e. The predicted molar refractivity (Wildman–Crippen MR) is 369 cm³/mol. The van der Waals surface area contributed by atoms with Gasteiger partial charge in [-0.05, 0) is 70.6 Å². The Labute approximate surface area is 549 Å². The summed E-state index contributed by atoms with van der Waals surface area (Å²) in [7, 11) is 0. The van der Waals surface area contributed by atoms with Gasteiger partial charge >= 0.3 is 0 Å². The van der Waals surface area contributed by atoms with Crippen LogP contribution in [0.2, 0.25) is 0 Å². The van der Waals surface area contributed by atoms with Gasteiger partial charge in [0.15, 0.2) is 12.6 Å². The Balaban J connectivity index is 1.66. The lowest BCUT2D eigenvalue weighted by Gasteiger charge is -2.46. The lowest BCUT2D eigenvalue weighted by atomic mass is 9.97. The number of hydrogen-bond acceptors (Lipinski definition) is 13. The molecule has 0 aromatic rings. The van der Waals surface area contributed by atoms with Gasteiger partial charge in [0.05, 0.1) is 32.0 Å². The lowest BCUT2D eigenvalue weighted by molar-refractivity contribution is -0.359. The minimum Gasteiger partial charge on any atom is -0.394 e. The zero-order valence-electron chi connectivity index (χ0n) is 57.4. The lowest BCUT2D eigenvalue weighted by Crippen LogP contribution is -2.65. The number of rotatable bonds is 62. The van der Waals surface area contributed by atoms with Crippen LogP contribution >= 0.6 is 0 Å². The van der Waals surface area contributed by atoms with Gasteiger partial charge in [0.25, 0.3) is 0 Å². The van der Waals surface area contributed by atoms with E-state index in [0.717, 1.165) is 51.4 Å². The van der Waals surface area contributed by atoms with Crippen LogP contribution in [0.1, 0.15) is 322 Å². The van der Waals surface area contributed by atoms with Crippen LogP contribution < -0.4 is 5.32 Å². The Bertz CT molecular complexity index is 1740. The molecule has 0 aromatic heterocycles. The fourth-order valence-corrected chi connectivity index (χ4v) is 12.2. The normalized spacial score (nSPS) is 23.2. The summed E-state index contributed by atoms with van der Waals surface area (Å²) >= 11 is 0. The van der Waals surface area contributed by atoms with E-state index < -0.39 is 86.8 Å². The minimum absolute atomic E-state index is 0.254. The van der Waals surface area contributed by atoms with E-state index in [1.165, 1.54) is 238 Å². The van der Waals surface area contributed by atoms with Crippen molar-refractivity contribution in [2.45, 2.75) is 396 Å². The molecule has 0 radical (unpaired) electrons. The molecule has 0 aromatic carbocycles. The number of carbonyl (C=O) groups excluding carboxylic acids is 1. The van der Waals surface area contributed by atoms with Crippen LogP contribution in [0, 0.1) is 0 Å². The third-order valence-electron chi connectivity index (χ3n) is 18.2. The number of allylic oxidation sites excluding steroid dienone is 9. The van der Waals surface area contributed by atoms with E-state index in [9.17, 15) is 45.6 Å². The van der Waals surface area contributed by atoms with Crippen molar-refractivity contribution in [3.8, 4) is 0 Å². The van der Waals surface area contributed by atoms with E-state index >= 15 is 0 Å². The van der Waals surface area contributed by atoms with Crippen molar-refractivity contribution in [2.75, 3.05) is 19.8 Å².